The number of urea groups is 1. The second-order valence-corrected chi connectivity index (χ2v) is 6.56. The lowest BCUT2D eigenvalue weighted by Crippen LogP contribution is -2.40. The van der Waals surface area contributed by atoms with Gasteiger partial charge in [-0.3, -0.25) is 0 Å². The number of hydrogen-bond acceptors (Lipinski definition) is 5. The van der Waals surface area contributed by atoms with Gasteiger partial charge in [-0.25, -0.2) is 14.8 Å². The normalized spacial score (nSPS) is 13.1. The topological polar surface area (TPSA) is 70.6 Å². The van der Waals surface area contributed by atoms with Crippen molar-refractivity contribution in [2.24, 2.45) is 0 Å². The largest absolute Gasteiger partial charge is 0.492 e. The van der Waals surface area contributed by atoms with Gasteiger partial charge in [0.25, 0.3) is 0 Å². The fourth-order valence-electron chi connectivity index (χ4n) is 3.20. The number of fused-ring (bicyclic) bond motifs is 1. The summed E-state index contributed by atoms with van der Waals surface area (Å²) in [5.74, 6) is 2.36. The summed E-state index contributed by atoms with van der Waals surface area (Å²) in [6.45, 7) is 8.44. The average molecular weight is 369 g/mol. The predicted octanol–water partition coefficient (Wildman–Crippen LogP) is 3.23. The first-order valence-corrected chi connectivity index (χ1v) is 9.38. The highest BCUT2D eigenvalue weighted by molar-refractivity contribution is 5.91. The van der Waals surface area contributed by atoms with E-state index in [0.29, 0.717) is 31.1 Å². The van der Waals surface area contributed by atoms with Gasteiger partial charge >= 0.3 is 6.03 Å². The van der Waals surface area contributed by atoms with Gasteiger partial charge in [0.05, 0.1) is 24.5 Å². The molecule has 0 fully saturated rings. The van der Waals surface area contributed by atoms with Crippen molar-refractivity contribution in [3.8, 4) is 5.75 Å². The third-order valence-electron chi connectivity index (χ3n) is 4.70. The molecule has 1 aromatic heterocycles. The molecule has 7 heteroatoms. The van der Waals surface area contributed by atoms with Crippen LogP contribution in [0.1, 0.15) is 30.9 Å². The van der Waals surface area contributed by atoms with E-state index in [0.717, 1.165) is 35.9 Å². The molecule has 0 bridgehead atoms. The summed E-state index contributed by atoms with van der Waals surface area (Å²) in [7, 11) is 2.01. The second kappa shape index (κ2) is 8.24. The summed E-state index contributed by atoms with van der Waals surface area (Å²) in [6.07, 6.45) is 0.726. The van der Waals surface area contributed by atoms with Crippen molar-refractivity contribution in [1.29, 1.82) is 0 Å². The molecule has 0 radical (unpaired) electrons. The lowest BCUT2D eigenvalue weighted by molar-refractivity contribution is 0.205. The number of hydrogen-bond donors (Lipinski definition) is 1. The summed E-state index contributed by atoms with van der Waals surface area (Å²) >= 11 is 0. The minimum Gasteiger partial charge on any atom is -0.492 e. The van der Waals surface area contributed by atoms with Crippen molar-refractivity contribution < 1.29 is 9.53 Å². The lowest BCUT2D eigenvalue weighted by atomic mass is 10.1. The van der Waals surface area contributed by atoms with Gasteiger partial charge in [0.2, 0.25) is 0 Å². The minimum atomic E-state index is -0.140. The van der Waals surface area contributed by atoms with Crippen molar-refractivity contribution in [2.75, 3.05) is 37.0 Å². The molecule has 0 aliphatic carbocycles. The van der Waals surface area contributed by atoms with Gasteiger partial charge in [-0.2, -0.15) is 0 Å². The molecule has 0 atom stereocenters. The van der Waals surface area contributed by atoms with E-state index in [2.05, 4.69) is 27.1 Å². The molecule has 144 valence electrons. The molecule has 0 spiro atoms. The van der Waals surface area contributed by atoms with E-state index < -0.39 is 0 Å². The van der Waals surface area contributed by atoms with Gasteiger partial charge in [-0.15, -0.1) is 0 Å². The van der Waals surface area contributed by atoms with Crippen molar-refractivity contribution >= 4 is 17.5 Å². The van der Waals surface area contributed by atoms with Gasteiger partial charge in [-0.1, -0.05) is 12.1 Å². The van der Waals surface area contributed by atoms with Gasteiger partial charge in [0.15, 0.2) is 0 Å². The third-order valence-corrected chi connectivity index (χ3v) is 4.70. The van der Waals surface area contributed by atoms with Crippen LogP contribution in [0.25, 0.3) is 0 Å². The summed E-state index contributed by atoms with van der Waals surface area (Å²) in [5, 5.41) is 2.98. The first-order chi connectivity index (χ1) is 13.0. The summed E-state index contributed by atoms with van der Waals surface area (Å²) in [5.41, 5.74) is 2.75. The monoisotopic (exact) mass is 369 g/mol. The highest BCUT2D eigenvalue weighted by atomic mass is 16.5. The molecule has 1 N–H and O–H groups in total. The fraction of sp³-hybridized carbons (Fsp3) is 0.450. The van der Waals surface area contributed by atoms with Crippen LogP contribution in [0.4, 0.5) is 16.3 Å². The summed E-state index contributed by atoms with van der Waals surface area (Å²) in [6, 6.07) is 7.34. The number of carbonyl (C=O) groups excluding carboxylic acids is 1. The quantitative estimate of drug-likeness (QED) is 0.876. The van der Waals surface area contributed by atoms with Crippen LogP contribution in [0.5, 0.6) is 5.75 Å². The number of amides is 2. The van der Waals surface area contributed by atoms with Crippen LogP contribution < -0.4 is 15.0 Å². The van der Waals surface area contributed by atoms with E-state index in [4.69, 9.17) is 4.74 Å². The Bertz CT molecular complexity index is 824. The number of aryl methyl sites for hydroxylation is 1. The molecule has 1 aromatic carbocycles. The number of anilines is 2. The maximum Gasteiger partial charge on any atom is 0.322 e. The summed E-state index contributed by atoms with van der Waals surface area (Å²) < 4.78 is 5.60. The Morgan fingerprint density at radius 3 is 2.81 bits per heavy atom. The van der Waals surface area contributed by atoms with E-state index in [1.165, 1.54) is 0 Å². The number of benzene rings is 1. The molecule has 2 heterocycles. The lowest BCUT2D eigenvalue weighted by Gasteiger charge is -2.31. The fourth-order valence-corrected chi connectivity index (χ4v) is 3.20. The Morgan fingerprint density at radius 1 is 1.30 bits per heavy atom. The number of ether oxygens (including phenoxy) is 1. The van der Waals surface area contributed by atoms with E-state index >= 15 is 0 Å². The van der Waals surface area contributed by atoms with E-state index in [9.17, 15) is 4.79 Å². The van der Waals surface area contributed by atoms with E-state index in [-0.39, 0.29) is 6.03 Å². The van der Waals surface area contributed by atoms with Crippen LogP contribution in [-0.4, -0.2) is 47.6 Å². The number of rotatable bonds is 5. The zero-order valence-corrected chi connectivity index (χ0v) is 16.5. The Kier molecular flexibility index (Phi) is 5.78. The maximum atomic E-state index is 12.9. The van der Waals surface area contributed by atoms with Crippen LogP contribution >= 0.6 is 0 Å². The number of aromatic nitrogens is 2. The number of carbonyl (C=O) groups is 1. The maximum absolute atomic E-state index is 12.9. The Morgan fingerprint density at radius 2 is 2.07 bits per heavy atom. The molecule has 0 unspecified atom stereocenters. The highest BCUT2D eigenvalue weighted by Gasteiger charge is 2.26. The van der Waals surface area contributed by atoms with Crippen LogP contribution in [0, 0.1) is 6.92 Å². The molecule has 27 heavy (non-hydrogen) atoms. The molecule has 1 aliphatic heterocycles. The molecule has 3 rings (SSSR count). The Balaban J connectivity index is 1.81. The smallest absolute Gasteiger partial charge is 0.322 e. The standard InChI is InChI=1S/C20H27N5O2/c1-5-24(4)19-15-13-25(12-11-16(15)21-14(3)22-19)20(26)23-17-9-7-8-10-18(17)27-6-2/h7-10H,5-6,11-13H2,1-4H3,(H,23,26). The van der Waals surface area contributed by atoms with Crippen molar-refractivity contribution in [2.45, 2.75) is 33.7 Å². The molecule has 0 saturated carbocycles. The summed E-state index contributed by atoms with van der Waals surface area (Å²) in [4.78, 5) is 26.0. The molecule has 1 aliphatic rings. The zero-order chi connectivity index (χ0) is 19.4. The first kappa shape index (κ1) is 18.9. The average Bonchev–Trinajstić information content (AvgIpc) is 2.68. The molecular weight excluding hydrogens is 342 g/mol. The molecule has 2 amide bonds. The van der Waals surface area contributed by atoms with Crippen LogP contribution in [0.15, 0.2) is 24.3 Å². The van der Waals surface area contributed by atoms with Crippen molar-refractivity contribution in [3.05, 3.63) is 41.3 Å². The van der Waals surface area contributed by atoms with Gasteiger partial charge < -0.3 is 19.9 Å². The number of nitrogens with one attached hydrogen (secondary N) is 1. The van der Waals surface area contributed by atoms with Gasteiger partial charge in [0, 0.05) is 32.1 Å². The van der Waals surface area contributed by atoms with Gasteiger partial charge in [0.1, 0.15) is 17.4 Å². The van der Waals surface area contributed by atoms with Crippen LogP contribution in [-0.2, 0) is 13.0 Å². The molecular formula is C20H27N5O2. The number of nitrogens with zero attached hydrogens (tertiary/aromatic N) is 4. The molecule has 7 nitrogen and oxygen atoms in total. The first-order valence-electron chi connectivity index (χ1n) is 9.38. The minimum absolute atomic E-state index is 0.140. The third kappa shape index (κ3) is 4.13. The molecule has 2 aromatic rings. The Labute approximate surface area is 160 Å². The second-order valence-electron chi connectivity index (χ2n) is 6.56. The van der Waals surface area contributed by atoms with Crippen LogP contribution in [0.2, 0.25) is 0 Å². The van der Waals surface area contributed by atoms with E-state index in [1.54, 1.807) is 4.90 Å². The van der Waals surface area contributed by atoms with Crippen molar-refractivity contribution in [3.63, 3.8) is 0 Å². The van der Waals surface area contributed by atoms with Gasteiger partial charge in [-0.05, 0) is 32.9 Å². The molecule has 0 saturated heterocycles. The SMILES string of the molecule is CCOc1ccccc1NC(=O)N1CCc2nc(C)nc(N(C)CC)c2C1. The Hall–Kier alpha value is -2.83. The number of para-hydroxylation sites is 2. The highest BCUT2D eigenvalue weighted by Crippen LogP contribution is 2.28. The predicted molar refractivity (Wildman–Crippen MR) is 106 cm³/mol. The zero-order valence-electron chi connectivity index (χ0n) is 16.5. The van der Waals surface area contributed by atoms with E-state index in [1.807, 2.05) is 45.2 Å². The van der Waals surface area contributed by atoms with Crippen molar-refractivity contribution in [1.82, 2.24) is 14.9 Å². The van der Waals surface area contributed by atoms with Crippen LogP contribution in [0.3, 0.4) is 0 Å².